The predicted octanol–water partition coefficient (Wildman–Crippen LogP) is 2.03. The SMILES string of the molecule is CCC(N)(S)c1cccc(CC(C)N)c1. The fourth-order valence-corrected chi connectivity index (χ4v) is 1.68. The van der Waals surface area contributed by atoms with Crippen molar-refractivity contribution in [2.45, 2.75) is 37.6 Å². The second-order valence-electron chi connectivity index (χ2n) is 4.16. The molecule has 1 aromatic rings. The quantitative estimate of drug-likeness (QED) is 0.541. The molecule has 1 rings (SSSR count). The molecule has 84 valence electrons. The van der Waals surface area contributed by atoms with Gasteiger partial charge >= 0.3 is 0 Å². The highest BCUT2D eigenvalue weighted by molar-refractivity contribution is 7.81. The molecular formula is C12H20N2S. The smallest absolute Gasteiger partial charge is 0.0844 e. The summed E-state index contributed by atoms with van der Waals surface area (Å²) in [5.41, 5.74) is 14.1. The van der Waals surface area contributed by atoms with E-state index < -0.39 is 4.87 Å². The molecule has 0 amide bonds. The Morgan fingerprint density at radius 2 is 2.13 bits per heavy atom. The second kappa shape index (κ2) is 5.01. The summed E-state index contributed by atoms with van der Waals surface area (Å²) in [5, 5.41) is 0. The fourth-order valence-electron chi connectivity index (χ4n) is 1.54. The van der Waals surface area contributed by atoms with Gasteiger partial charge in [-0.3, -0.25) is 0 Å². The first-order chi connectivity index (χ1) is 6.95. The van der Waals surface area contributed by atoms with E-state index in [4.69, 9.17) is 11.5 Å². The van der Waals surface area contributed by atoms with Crippen molar-refractivity contribution in [3.05, 3.63) is 35.4 Å². The van der Waals surface area contributed by atoms with Gasteiger partial charge in [-0.15, -0.1) is 0 Å². The molecule has 0 aliphatic rings. The van der Waals surface area contributed by atoms with Gasteiger partial charge in [-0.05, 0) is 30.9 Å². The summed E-state index contributed by atoms with van der Waals surface area (Å²) in [7, 11) is 0. The van der Waals surface area contributed by atoms with E-state index in [0.717, 1.165) is 18.4 Å². The second-order valence-corrected chi connectivity index (χ2v) is 4.96. The zero-order valence-electron chi connectivity index (χ0n) is 9.40. The molecule has 3 heteroatoms. The molecule has 0 saturated heterocycles. The number of thiol groups is 1. The van der Waals surface area contributed by atoms with Crippen LogP contribution in [-0.4, -0.2) is 6.04 Å². The third-order valence-electron chi connectivity index (χ3n) is 2.52. The van der Waals surface area contributed by atoms with Crippen molar-refractivity contribution < 1.29 is 0 Å². The largest absolute Gasteiger partial charge is 0.328 e. The van der Waals surface area contributed by atoms with Gasteiger partial charge in [0.25, 0.3) is 0 Å². The number of rotatable bonds is 4. The summed E-state index contributed by atoms with van der Waals surface area (Å²) in [6, 6.07) is 8.38. The van der Waals surface area contributed by atoms with Crippen LogP contribution in [0.1, 0.15) is 31.4 Å². The minimum atomic E-state index is -0.534. The van der Waals surface area contributed by atoms with Crippen LogP contribution in [0.5, 0.6) is 0 Å². The summed E-state index contributed by atoms with van der Waals surface area (Å²) in [5.74, 6) is 0. The molecule has 0 aliphatic heterocycles. The van der Waals surface area contributed by atoms with Crippen molar-refractivity contribution in [3.63, 3.8) is 0 Å². The molecule has 0 heterocycles. The van der Waals surface area contributed by atoms with Crippen LogP contribution in [0.25, 0.3) is 0 Å². The van der Waals surface area contributed by atoms with Crippen molar-refractivity contribution >= 4 is 12.6 Å². The lowest BCUT2D eigenvalue weighted by molar-refractivity contribution is 0.634. The van der Waals surface area contributed by atoms with Gasteiger partial charge in [0.2, 0.25) is 0 Å². The number of hydrogen-bond donors (Lipinski definition) is 3. The van der Waals surface area contributed by atoms with Crippen LogP contribution in [0, 0.1) is 0 Å². The van der Waals surface area contributed by atoms with Gasteiger partial charge in [0.1, 0.15) is 0 Å². The Morgan fingerprint density at radius 3 is 2.67 bits per heavy atom. The van der Waals surface area contributed by atoms with Crippen molar-refractivity contribution in [2.75, 3.05) is 0 Å². The van der Waals surface area contributed by atoms with E-state index in [2.05, 4.69) is 24.8 Å². The molecule has 0 spiro atoms. The lowest BCUT2D eigenvalue weighted by Crippen LogP contribution is -2.29. The summed E-state index contributed by atoms with van der Waals surface area (Å²) in [4.78, 5) is -0.534. The molecule has 15 heavy (non-hydrogen) atoms. The van der Waals surface area contributed by atoms with E-state index in [1.54, 1.807) is 0 Å². The van der Waals surface area contributed by atoms with E-state index in [-0.39, 0.29) is 6.04 Å². The van der Waals surface area contributed by atoms with Gasteiger partial charge in [-0.2, -0.15) is 12.6 Å². The highest BCUT2D eigenvalue weighted by Gasteiger charge is 2.19. The monoisotopic (exact) mass is 224 g/mol. The summed E-state index contributed by atoms with van der Waals surface area (Å²) in [6.45, 7) is 4.04. The summed E-state index contributed by atoms with van der Waals surface area (Å²) in [6.07, 6.45) is 1.68. The third-order valence-corrected chi connectivity index (χ3v) is 3.10. The third kappa shape index (κ3) is 3.52. The maximum atomic E-state index is 6.07. The highest BCUT2D eigenvalue weighted by atomic mass is 32.1. The van der Waals surface area contributed by atoms with Gasteiger partial charge in [0, 0.05) is 6.04 Å². The van der Waals surface area contributed by atoms with Gasteiger partial charge in [-0.1, -0.05) is 31.2 Å². The van der Waals surface area contributed by atoms with Gasteiger partial charge < -0.3 is 11.5 Å². The van der Waals surface area contributed by atoms with E-state index in [1.807, 2.05) is 26.0 Å². The van der Waals surface area contributed by atoms with Gasteiger partial charge in [-0.25, -0.2) is 0 Å². The Bertz CT molecular complexity index is 321. The summed E-state index contributed by atoms with van der Waals surface area (Å²) < 4.78 is 0. The molecule has 0 radical (unpaired) electrons. The van der Waals surface area contributed by atoms with E-state index in [0.29, 0.717) is 0 Å². The van der Waals surface area contributed by atoms with E-state index in [9.17, 15) is 0 Å². The predicted molar refractivity (Wildman–Crippen MR) is 68.9 cm³/mol. The standard InChI is InChI=1S/C12H20N2S/c1-3-12(14,15)11-6-4-5-10(8-11)7-9(2)13/h4-6,8-9,15H,3,7,13-14H2,1-2H3. The Labute approximate surface area is 97.5 Å². The van der Waals surface area contributed by atoms with Crippen LogP contribution >= 0.6 is 12.6 Å². The maximum Gasteiger partial charge on any atom is 0.0844 e. The van der Waals surface area contributed by atoms with Crippen LogP contribution in [0.2, 0.25) is 0 Å². The molecule has 4 N–H and O–H groups in total. The fraction of sp³-hybridized carbons (Fsp3) is 0.500. The lowest BCUT2D eigenvalue weighted by Gasteiger charge is -2.23. The number of nitrogens with two attached hydrogens (primary N) is 2. The van der Waals surface area contributed by atoms with Crippen molar-refractivity contribution in [2.24, 2.45) is 11.5 Å². The Balaban J connectivity index is 2.92. The minimum Gasteiger partial charge on any atom is -0.328 e. The number of benzene rings is 1. The molecule has 2 nitrogen and oxygen atoms in total. The molecule has 2 atom stereocenters. The molecule has 0 saturated carbocycles. The van der Waals surface area contributed by atoms with Crippen LogP contribution in [-0.2, 0) is 11.3 Å². The van der Waals surface area contributed by atoms with Crippen molar-refractivity contribution in [1.82, 2.24) is 0 Å². The van der Waals surface area contributed by atoms with Gasteiger partial charge in [0.15, 0.2) is 0 Å². The van der Waals surface area contributed by atoms with Crippen LogP contribution < -0.4 is 11.5 Å². The molecule has 0 fully saturated rings. The van der Waals surface area contributed by atoms with Crippen molar-refractivity contribution in [3.8, 4) is 0 Å². The Kier molecular flexibility index (Phi) is 4.20. The number of hydrogen-bond acceptors (Lipinski definition) is 3. The van der Waals surface area contributed by atoms with Crippen LogP contribution in [0.15, 0.2) is 24.3 Å². The molecular weight excluding hydrogens is 204 g/mol. The van der Waals surface area contributed by atoms with Crippen LogP contribution in [0.3, 0.4) is 0 Å². The Hall–Kier alpha value is -0.510. The summed E-state index contributed by atoms with van der Waals surface area (Å²) >= 11 is 4.46. The molecule has 0 aliphatic carbocycles. The average Bonchev–Trinajstić information content (AvgIpc) is 2.17. The normalized spacial score (nSPS) is 17.1. The molecule has 2 unspecified atom stereocenters. The molecule has 0 bridgehead atoms. The maximum absolute atomic E-state index is 6.07. The molecule has 0 aromatic heterocycles. The zero-order chi connectivity index (χ0) is 11.5. The van der Waals surface area contributed by atoms with E-state index in [1.165, 1.54) is 5.56 Å². The van der Waals surface area contributed by atoms with E-state index >= 15 is 0 Å². The zero-order valence-corrected chi connectivity index (χ0v) is 10.3. The topological polar surface area (TPSA) is 52.0 Å². The molecule has 1 aromatic carbocycles. The highest BCUT2D eigenvalue weighted by Crippen LogP contribution is 2.26. The first-order valence-corrected chi connectivity index (χ1v) is 5.76. The van der Waals surface area contributed by atoms with Crippen molar-refractivity contribution in [1.29, 1.82) is 0 Å². The first kappa shape index (κ1) is 12.6. The minimum absolute atomic E-state index is 0.175. The van der Waals surface area contributed by atoms with Gasteiger partial charge in [0.05, 0.1) is 4.87 Å². The Morgan fingerprint density at radius 1 is 1.47 bits per heavy atom. The first-order valence-electron chi connectivity index (χ1n) is 5.32. The average molecular weight is 224 g/mol. The van der Waals surface area contributed by atoms with Crippen LogP contribution in [0.4, 0.5) is 0 Å². The lowest BCUT2D eigenvalue weighted by atomic mass is 9.99.